The first kappa shape index (κ1) is 15.3. The lowest BCUT2D eigenvalue weighted by Crippen LogP contribution is -2.07. The maximum Gasteiger partial charge on any atom is 0.139 e. The minimum atomic E-state index is 0.462. The molecule has 0 atom stereocenters. The number of rotatable bonds is 4. The van der Waals surface area contributed by atoms with E-state index in [9.17, 15) is 5.26 Å². The molecular formula is C15H16BrN5. The van der Waals surface area contributed by atoms with Crippen LogP contribution in [-0.4, -0.2) is 9.97 Å². The molecule has 0 saturated heterocycles. The van der Waals surface area contributed by atoms with Crippen molar-refractivity contribution in [3.05, 3.63) is 39.6 Å². The second kappa shape index (κ2) is 6.55. The van der Waals surface area contributed by atoms with Gasteiger partial charge in [-0.15, -0.1) is 0 Å². The summed E-state index contributed by atoms with van der Waals surface area (Å²) in [6.45, 7) is 3.92. The summed E-state index contributed by atoms with van der Waals surface area (Å²) in [5.74, 6) is 1.81. The Morgan fingerprint density at radius 3 is 2.81 bits per heavy atom. The summed E-state index contributed by atoms with van der Waals surface area (Å²) in [5.41, 5.74) is 7.96. The highest BCUT2D eigenvalue weighted by Crippen LogP contribution is 2.27. The Morgan fingerprint density at radius 2 is 2.14 bits per heavy atom. The Kier molecular flexibility index (Phi) is 4.76. The van der Waals surface area contributed by atoms with Gasteiger partial charge in [0.05, 0.1) is 11.3 Å². The second-order valence-corrected chi connectivity index (χ2v) is 5.59. The highest BCUT2D eigenvalue weighted by Gasteiger charge is 2.11. The molecule has 0 aliphatic rings. The summed E-state index contributed by atoms with van der Waals surface area (Å²) in [6, 6.07) is 7.58. The molecule has 0 bridgehead atoms. The number of nitrogens with one attached hydrogen (secondary N) is 1. The van der Waals surface area contributed by atoms with Crippen LogP contribution < -0.4 is 11.1 Å². The van der Waals surface area contributed by atoms with E-state index >= 15 is 0 Å². The van der Waals surface area contributed by atoms with E-state index < -0.39 is 0 Å². The molecule has 3 N–H and O–H groups in total. The van der Waals surface area contributed by atoms with Crippen LogP contribution in [-0.2, 0) is 6.42 Å². The van der Waals surface area contributed by atoms with Crippen molar-refractivity contribution in [2.75, 3.05) is 11.1 Å². The number of halogens is 1. The molecule has 0 saturated carbocycles. The van der Waals surface area contributed by atoms with Gasteiger partial charge in [0.1, 0.15) is 23.5 Å². The van der Waals surface area contributed by atoms with Gasteiger partial charge in [0.25, 0.3) is 0 Å². The third kappa shape index (κ3) is 3.50. The molecule has 1 aromatic carbocycles. The number of nitrogens with two attached hydrogens (primary N) is 1. The molecule has 0 aliphatic carbocycles. The first-order valence-electron chi connectivity index (χ1n) is 6.64. The number of benzene rings is 1. The van der Waals surface area contributed by atoms with E-state index in [0.29, 0.717) is 28.7 Å². The minimum Gasteiger partial charge on any atom is -0.383 e. The van der Waals surface area contributed by atoms with Crippen LogP contribution in [0.4, 0.5) is 17.3 Å². The van der Waals surface area contributed by atoms with E-state index in [1.54, 1.807) is 6.07 Å². The van der Waals surface area contributed by atoms with Gasteiger partial charge in [-0.25, -0.2) is 9.97 Å². The van der Waals surface area contributed by atoms with Crippen LogP contribution in [0, 0.1) is 18.3 Å². The van der Waals surface area contributed by atoms with Crippen molar-refractivity contribution >= 4 is 33.3 Å². The van der Waals surface area contributed by atoms with Crippen LogP contribution in [0.1, 0.15) is 30.3 Å². The van der Waals surface area contributed by atoms with E-state index in [0.717, 1.165) is 22.9 Å². The van der Waals surface area contributed by atoms with E-state index in [1.165, 1.54) is 0 Å². The maximum atomic E-state index is 9.19. The molecule has 21 heavy (non-hydrogen) atoms. The number of nitriles is 1. The summed E-state index contributed by atoms with van der Waals surface area (Å²) >= 11 is 3.40. The molecule has 0 unspecified atom stereocenters. The van der Waals surface area contributed by atoms with E-state index in [-0.39, 0.29) is 0 Å². The molecule has 6 heteroatoms. The van der Waals surface area contributed by atoms with Gasteiger partial charge in [0.2, 0.25) is 0 Å². The fraction of sp³-hybridized carbons (Fsp3) is 0.267. The predicted molar refractivity (Wildman–Crippen MR) is 87.3 cm³/mol. The maximum absolute atomic E-state index is 9.19. The van der Waals surface area contributed by atoms with Gasteiger partial charge in [-0.2, -0.15) is 5.26 Å². The number of hydrogen-bond acceptors (Lipinski definition) is 5. The molecule has 0 amide bonds. The smallest absolute Gasteiger partial charge is 0.139 e. The van der Waals surface area contributed by atoms with E-state index in [2.05, 4.69) is 44.2 Å². The highest BCUT2D eigenvalue weighted by molar-refractivity contribution is 9.10. The van der Waals surface area contributed by atoms with Crippen molar-refractivity contribution in [1.29, 1.82) is 5.26 Å². The fourth-order valence-electron chi connectivity index (χ4n) is 1.88. The number of hydrogen-bond donors (Lipinski definition) is 2. The Hall–Kier alpha value is -2.13. The average Bonchev–Trinajstić information content (AvgIpc) is 2.45. The van der Waals surface area contributed by atoms with E-state index in [1.807, 2.05) is 19.1 Å². The SMILES string of the molecule is CCCc1nc(N)c(C)c(Nc2cc(Br)ccc2C#N)n1. The summed E-state index contributed by atoms with van der Waals surface area (Å²) < 4.78 is 0.887. The molecule has 0 radical (unpaired) electrons. The van der Waals surface area contributed by atoms with Crippen molar-refractivity contribution in [1.82, 2.24) is 9.97 Å². The molecule has 0 fully saturated rings. The molecule has 2 rings (SSSR count). The average molecular weight is 346 g/mol. The first-order valence-corrected chi connectivity index (χ1v) is 7.44. The zero-order valence-electron chi connectivity index (χ0n) is 11.9. The fourth-order valence-corrected chi connectivity index (χ4v) is 2.25. The van der Waals surface area contributed by atoms with Crippen molar-refractivity contribution in [2.45, 2.75) is 26.7 Å². The van der Waals surface area contributed by atoms with E-state index in [4.69, 9.17) is 5.73 Å². The number of aryl methyl sites for hydroxylation is 1. The zero-order valence-corrected chi connectivity index (χ0v) is 13.5. The van der Waals surface area contributed by atoms with Crippen molar-refractivity contribution in [2.24, 2.45) is 0 Å². The van der Waals surface area contributed by atoms with Crippen LogP contribution in [0.2, 0.25) is 0 Å². The molecule has 1 aromatic heterocycles. The quantitative estimate of drug-likeness (QED) is 0.881. The van der Waals surface area contributed by atoms with Gasteiger partial charge < -0.3 is 11.1 Å². The van der Waals surface area contributed by atoms with Gasteiger partial charge in [0, 0.05) is 16.5 Å². The lowest BCUT2D eigenvalue weighted by atomic mass is 10.2. The van der Waals surface area contributed by atoms with Crippen LogP contribution in [0.5, 0.6) is 0 Å². The monoisotopic (exact) mass is 345 g/mol. The van der Waals surface area contributed by atoms with Crippen LogP contribution in [0.25, 0.3) is 0 Å². The first-order chi connectivity index (χ1) is 10.0. The second-order valence-electron chi connectivity index (χ2n) is 4.68. The Balaban J connectivity index is 2.44. The highest BCUT2D eigenvalue weighted by atomic mass is 79.9. The van der Waals surface area contributed by atoms with Crippen LogP contribution in [0.3, 0.4) is 0 Å². The third-order valence-electron chi connectivity index (χ3n) is 3.06. The summed E-state index contributed by atoms with van der Waals surface area (Å²) in [6.07, 6.45) is 1.71. The largest absolute Gasteiger partial charge is 0.383 e. The number of nitrogen functional groups attached to an aromatic ring is 1. The molecule has 5 nitrogen and oxygen atoms in total. The van der Waals surface area contributed by atoms with Crippen molar-refractivity contribution in [3.8, 4) is 6.07 Å². The minimum absolute atomic E-state index is 0.462. The molecule has 2 aromatic rings. The Morgan fingerprint density at radius 1 is 1.38 bits per heavy atom. The standard InChI is InChI=1S/C15H16BrN5/c1-3-4-13-20-14(18)9(2)15(21-13)19-12-7-11(16)6-5-10(12)8-17/h5-7H,3-4H2,1-2H3,(H3,18,19,20,21). The zero-order chi connectivity index (χ0) is 15.4. The van der Waals surface area contributed by atoms with Gasteiger partial charge >= 0.3 is 0 Å². The lowest BCUT2D eigenvalue weighted by Gasteiger charge is -2.13. The van der Waals surface area contributed by atoms with Gasteiger partial charge in [-0.05, 0) is 31.5 Å². The van der Waals surface area contributed by atoms with Gasteiger partial charge in [-0.1, -0.05) is 22.9 Å². The van der Waals surface area contributed by atoms with Crippen molar-refractivity contribution < 1.29 is 0 Å². The third-order valence-corrected chi connectivity index (χ3v) is 3.55. The predicted octanol–water partition coefficient (Wildman–Crippen LogP) is 3.70. The number of nitrogens with zero attached hydrogens (tertiary/aromatic N) is 3. The molecule has 108 valence electrons. The number of aromatic nitrogens is 2. The topological polar surface area (TPSA) is 87.6 Å². The lowest BCUT2D eigenvalue weighted by molar-refractivity contribution is 0.836. The Bertz CT molecular complexity index is 706. The van der Waals surface area contributed by atoms with Crippen LogP contribution >= 0.6 is 15.9 Å². The summed E-state index contributed by atoms with van der Waals surface area (Å²) in [5, 5.41) is 12.4. The molecule has 0 spiro atoms. The number of anilines is 3. The molecule has 0 aliphatic heterocycles. The van der Waals surface area contributed by atoms with Crippen LogP contribution in [0.15, 0.2) is 22.7 Å². The van der Waals surface area contributed by atoms with Gasteiger partial charge in [0.15, 0.2) is 0 Å². The molecular weight excluding hydrogens is 330 g/mol. The Labute approximate surface area is 132 Å². The molecule has 1 heterocycles. The normalized spacial score (nSPS) is 10.2. The van der Waals surface area contributed by atoms with Gasteiger partial charge in [-0.3, -0.25) is 0 Å². The van der Waals surface area contributed by atoms with Crippen molar-refractivity contribution in [3.63, 3.8) is 0 Å². The summed E-state index contributed by atoms with van der Waals surface area (Å²) in [4.78, 5) is 8.77. The summed E-state index contributed by atoms with van der Waals surface area (Å²) in [7, 11) is 0.